The molecular formula is C12H13F2N3. The van der Waals surface area contributed by atoms with E-state index in [1.54, 1.807) is 0 Å². The molecule has 0 amide bonds. The maximum atomic E-state index is 13.0. The van der Waals surface area contributed by atoms with E-state index in [1.807, 2.05) is 13.8 Å². The fraction of sp³-hybridized carbons (Fsp3) is 0.250. The van der Waals surface area contributed by atoms with Gasteiger partial charge in [-0.1, -0.05) is 0 Å². The van der Waals surface area contributed by atoms with Crippen LogP contribution in [0.15, 0.2) is 18.2 Å². The van der Waals surface area contributed by atoms with Crippen molar-refractivity contribution in [3.05, 3.63) is 46.8 Å². The van der Waals surface area contributed by atoms with Crippen molar-refractivity contribution in [2.45, 2.75) is 20.4 Å². The van der Waals surface area contributed by atoms with Gasteiger partial charge in [0, 0.05) is 29.6 Å². The Hall–Kier alpha value is -1.91. The van der Waals surface area contributed by atoms with Gasteiger partial charge >= 0.3 is 0 Å². The highest BCUT2D eigenvalue weighted by molar-refractivity contribution is 5.44. The molecule has 1 aromatic heterocycles. The molecule has 5 heteroatoms. The average molecular weight is 237 g/mol. The number of nitrogens with one attached hydrogen (secondary N) is 2. The van der Waals surface area contributed by atoms with Crippen LogP contribution in [0.25, 0.3) is 0 Å². The van der Waals surface area contributed by atoms with Crippen LogP contribution in [0.1, 0.15) is 17.0 Å². The van der Waals surface area contributed by atoms with Crippen molar-refractivity contribution in [2.75, 3.05) is 5.32 Å². The minimum atomic E-state index is -0.851. The highest BCUT2D eigenvalue weighted by Gasteiger charge is 2.07. The monoisotopic (exact) mass is 237 g/mol. The van der Waals surface area contributed by atoms with E-state index in [4.69, 9.17) is 0 Å². The lowest BCUT2D eigenvalue weighted by molar-refractivity contribution is 0.509. The summed E-state index contributed by atoms with van der Waals surface area (Å²) in [6.45, 7) is 4.34. The number of aryl methyl sites for hydroxylation is 2. The number of rotatable bonds is 3. The molecular weight excluding hydrogens is 224 g/mol. The normalized spacial score (nSPS) is 10.6. The molecule has 90 valence electrons. The number of H-pyrrole nitrogens is 1. The van der Waals surface area contributed by atoms with Gasteiger partial charge in [-0.15, -0.1) is 0 Å². The van der Waals surface area contributed by atoms with Crippen LogP contribution < -0.4 is 5.32 Å². The van der Waals surface area contributed by atoms with Crippen LogP contribution in [0.5, 0.6) is 0 Å². The molecule has 0 fully saturated rings. The summed E-state index contributed by atoms with van der Waals surface area (Å²) in [4.78, 5) is 0. The summed E-state index contributed by atoms with van der Waals surface area (Å²) in [5.41, 5.74) is 3.45. The van der Waals surface area contributed by atoms with Crippen molar-refractivity contribution in [3.63, 3.8) is 0 Å². The fourth-order valence-electron chi connectivity index (χ4n) is 1.63. The van der Waals surface area contributed by atoms with Crippen molar-refractivity contribution in [1.82, 2.24) is 10.2 Å². The smallest absolute Gasteiger partial charge is 0.160 e. The first-order valence-electron chi connectivity index (χ1n) is 5.27. The summed E-state index contributed by atoms with van der Waals surface area (Å²) < 4.78 is 25.7. The largest absolute Gasteiger partial charge is 0.381 e. The van der Waals surface area contributed by atoms with Crippen LogP contribution >= 0.6 is 0 Å². The predicted octanol–water partition coefficient (Wildman–Crippen LogP) is 2.92. The van der Waals surface area contributed by atoms with Crippen LogP contribution in [-0.2, 0) is 6.54 Å². The number of hydrogen-bond donors (Lipinski definition) is 2. The molecule has 0 radical (unpaired) electrons. The summed E-state index contributed by atoms with van der Waals surface area (Å²) >= 11 is 0. The Morgan fingerprint density at radius 1 is 1.24 bits per heavy atom. The van der Waals surface area contributed by atoms with Crippen LogP contribution in [0.3, 0.4) is 0 Å². The van der Waals surface area contributed by atoms with E-state index >= 15 is 0 Å². The molecule has 2 aromatic rings. The van der Waals surface area contributed by atoms with Crippen LogP contribution in [-0.4, -0.2) is 10.2 Å². The van der Waals surface area contributed by atoms with Crippen molar-refractivity contribution in [1.29, 1.82) is 0 Å². The summed E-state index contributed by atoms with van der Waals surface area (Å²) in [6.07, 6.45) is 0. The van der Waals surface area contributed by atoms with Gasteiger partial charge in [0.1, 0.15) is 0 Å². The molecule has 17 heavy (non-hydrogen) atoms. The van der Waals surface area contributed by atoms with Crippen molar-refractivity contribution in [3.8, 4) is 0 Å². The number of anilines is 1. The second kappa shape index (κ2) is 4.53. The lowest BCUT2D eigenvalue weighted by Gasteiger charge is -2.06. The molecule has 2 rings (SSSR count). The van der Waals surface area contributed by atoms with Crippen LogP contribution in [0.2, 0.25) is 0 Å². The fourth-order valence-corrected chi connectivity index (χ4v) is 1.63. The predicted molar refractivity (Wildman–Crippen MR) is 61.7 cm³/mol. The second-order valence-corrected chi connectivity index (χ2v) is 3.90. The van der Waals surface area contributed by atoms with E-state index < -0.39 is 11.6 Å². The molecule has 0 aliphatic carbocycles. The summed E-state index contributed by atoms with van der Waals surface area (Å²) in [7, 11) is 0. The molecule has 0 saturated carbocycles. The van der Waals surface area contributed by atoms with Gasteiger partial charge in [-0.3, -0.25) is 5.10 Å². The average Bonchev–Trinajstić information content (AvgIpc) is 2.61. The molecule has 0 unspecified atom stereocenters. The van der Waals surface area contributed by atoms with E-state index in [0.717, 1.165) is 29.1 Å². The van der Waals surface area contributed by atoms with Crippen molar-refractivity contribution < 1.29 is 8.78 Å². The number of nitrogens with zero attached hydrogens (tertiary/aromatic N) is 1. The Bertz CT molecular complexity index is 515. The Morgan fingerprint density at radius 3 is 2.59 bits per heavy atom. The molecule has 3 nitrogen and oxygen atoms in total. The molecule has 0 aliphatic heterocycles. The third kappa shape index (κ3) is 2.43. The molecule has 1 heterocycles. The highest BCUT2D eigenvalue weighted by atomic mass is 19.2. The number of hydrogen-bond acceptors (Lipinski definition) is 2. The number of halogens is 2. The van der Waals surface area contributed by atoms with Crippen molar-refractivity contribution in [2.24, 2.45) is 0 Å². The van der Waals surface area contributed by atoms with E-state index in [0.29, 0.717) is 12.2 Å². The van der Waals surface area contributed by atoms with Gasteiger partial charge in [-0.25, -0.2) is 8.78 Å². The zero-order chi connectivity index (χ0) is 12.4. The summed E-state index contributed by atoms with van der Waals surface area (Å²) in [5, 5.41) is 9.96. The zero-order valence-corrected chi connectivity index (χ0v) is 9.64. The van der Waals surface area contributed by atoms with Crippen molar-refractivity contribution >= 4 is 5.69 Å². The zero-order valence-electron chi connectivity index (χ0n) is 9.64. The molecule has 2 N–H and O–H groups in total. The number of benzene rings is 1. The maximum Gasteiger partial charge on any atom is 0.160 e. The third-order valence-corrected chi connectivity index (χ3v) is 2.67. The van der Waals surface area contributed by atoms with Gasteiger partial charge in [0.2, 0.25) is 0 Å². The summed E-state index contributed by atoms with van der Waals surface area (Å²) in [6, 6.07) is 3.75. The lowest BCUT2D eigenvalue weighted by Crippen LogP contribution is -2.02. The first-order valence-corrected chi connectivity index (χ1v) is 5.27. The van der Waals surface area contributed by atoms with Gasteiger partial charge in [0.15, 0.2) is 11.6 Å². The molecule has 0 bridgehead atoms. The minimum absolute atomic E-state index is 0.527. The molecule has 1 aromatic carbocycles. The summed E-state index contributed by atoms with van der Waals surface area (Å²) in [5.74, 6) is -1.69. The van der Waals surface area contributed by atoms with Gasteiger partial charge in [-0.05, 0) is 26.0 Å². The first-order chi connectivity index (χ1) is 8.08. The maximum absolute atomic E-state index is 13.0. The lowest BCUT2D eigenvalue weighted by atomic mass is 10.2. The number of aromatic amines is 1. The molecule has 0 aliphatic rings. The van der Waals surface area contributed by atoms with Crippen LogP contribution in [0.4, 0.5) is 14.5 Å². The second-order valence-electron chi connectivity index (χ2n) is 3.90. The topological polar surface area (TPSA) is 40.7 Å². The SMILES string of the molecule is Cc1n[nH]c(C)c1CNc1ccc(F)c(F)c1. The van der Waals surface area contributed by atoms with Gasteiger partial charge in [-0.2, -0.15) is 5.10 Å². The van der Waals surface area contributed by atoms with Gasteiger partial charge in [0.05, 0.1) is 5.69 Å². The van der Waals surface area contributed by atoms with E-state index in [1.165, 1.54) is 6.07 Å². The molecule has 0 saturated heterocycles. The Morgan fingerprint density at radius 2 is 2.00 bits per heavy atom. The molecule has 0 atom stereocenters. The Balaban J connectivity index is 2.10. The minimum Gasteiger partial charge on any atom is -0.381 e. The molecule has 0 spiro atoms. The first kappa shape index (κ1) is 11.6. The number of aromatic nitrogens is 2. The highest BCUT2D eigenvalue weighted by Crippen LogP contribution is 2.16. The Kier molecular flexibility index (Phi) is 3.08. The Labute approximate surface area is 97.9 Å². The quantitative estimate of drug-likeness (QED) is 0.861. The van der Waals surface area contributed by atoms with E-state index in [2.05, 4.69) is 15.5 Å². The van der Waals surface area contributed by atoms with Gasteiger partial charge < -0.3 is 5.32 Å². The third-order valence-electron chi connectivity index (χ3n) is 2.67. The van der Waals surface area contributed by atoms with E-state index in [-0.39, 0.29) is 0 Å². The van der Waals surface area contributed by atoms with E-state index in [9.17, 15) is 8.78 Å². The van der Waals surface area contributed by atoms with Crippen LogP contribution in [0, 0.1) is 25.5 Å². The standard InChI is InChI=1S/C12H13F2N3/c1-7-10(8(2)17-16-7)6-15-9-3-4-11(13)12(14)5-9/h3-5,15H,6H2,1-2H3,(H,16,17). The van der Waals surface area contributed by atoms with Gasteiger partial charge in [0.25, 0.3) is 0 Å².